The zero-order chi connectivity index (χ0) is 14.4. The van der Waals surface area contributed by atoms with Crippen LogP contribution in [0, 0.1) is 31.6 Å². The van der Waals surface area contributed by atoms with Crippen molar-refractivity contribution in [1.82, 2.24) is 0 Å². The van der Waals surface area contributed by atoms with Gasteiger partial charge in [0.1, 0.15) is 0 Å². The lowest BCUT2D eigenvalue weighted by molar-refractivity contribution is 0.986. The molecule has 100 valence electrons. The lowest BCUT2D eigenvalue weighted by Crippen LogP contribution is -1.84. The maximum absolute atomic E-state index is 3.26. The minimum Gasteiger partial charge on any atom is -0.0906 e. The lowest BCUT2D eigenvalue weighted by atomic mass is 10.1. The smallest absolute Gasteiger partial charge is 0.0361 e. The Bertz CT molecular complexity index is 631. The van der Waals surface area contributed by atoms with Crippen molar-refractivity contribution in [3.8, 4) is 11.8 Å². The van der Waals surface area contributed by atoms with Gasteiger partial charge in [-0.25, -0.2) is 0 Å². The normalized spacial score (nSPS) is 11.9. The van der Waals surface area contributed by atoms with Crippen molar-refractivity contribution >= 4 is 6.08 Å². The van der Waals surface area contributed by atoms with Crippen molar-refractivity contribution in [2.45, 2.75) is 20.8 Å². The van der Waals surface area contributed by atoms with E-state index < -0.39 is 0 Å². The first-order valence-electron chi connectivity index (χ1n) is 6.96. The summed E-state index contributed by atoms with van der Waals surface area (Å²) in [6.07, 6.45) is 4.28. The third kappa shape index (κ3) is 4.44. The van der Waals surface area contributed by atoms with Gasteiger partial charge in [-0.1, -0.05) is 71.5 Å². The molecular formula is C20H20. The third-order valence-electron chi connectivity index (χ3n) is 3.15. The summed E-state index contributed by atoms with van der Waals surface area (Å²) in [7, 11) is 0. The maximum atomic E-state index is 3.26. The van der Waals surface area contributed by atoms with Crippen LogP contribution < -0.4 is 0 Å². The molecule has 1 atom stereocenters. The van der Waals surface area contributed by atoms with Crippen LogP contribution in [0.2, 0.25) is 0 Å². The van der Waals surface area contributed by atoms with Gasteiger partial charge in [0.2, 0.25) is 0 Å². The van der Waals surface area contributed by atoms with Crippen LogP contribution in [-0.4, -0.2) is 0 Å². The van der Waals surface area contributed by atoms with E-state index in [9.17, 15) is 0 Å². The summed E-state index contributed by atoms with van der Waals surface area (Å²) in [6.45, 7) is 6.30. The number of benzene rings is 2. The maximum Gasteiger partial charge on any atom is 0.0361 e. The van der Waals surface area contributed by atoms with E-state index in [0.29, 0.717) is 0 Å². The number of hydrogen-bond donors (Lipinski definition) is 0. The van der Waals surface area contributed by atoms with Gasteiger partial charge in [0, 0.05) is 11.5 Å². The summed E-state index contributed by atoms with van der Waals surface area (Å²) in [5.41, 5.74) is 4.85. The fourth-order valence-corrected chi connectivity index (χ4v) is 1.82. The first kappa shape index (κ1) is 14.2. The van der Waals surface area contributed by atoms with Gasteiger partial charge in [-0.3, -0.25) is 0 Å². The van der Waals surface area contributed by atoms with Crippen molar-refractivity contribution in [3.63, 3.8) is 0 Å². The Hall–Kier alpha value is -2.26. The van der Waals surface area contributed by atoms with Crippen LogP contribution in [0.15, 0.2) is 54.6 Å². The van der Waals surface area contributed by atoms with Gasteiger partial charge in [0.15, 0.2) is 0 Å². The highest BCUT2D eigenvalue weighted by atomic mass is 14.0. The minimum absolute atomic E-state index is 0.248. The molecule has 0 aliphatic carbocycles. The van der Waals surface area contributed by atoms with E-state index in [1.54, 1.807) is 0 Å². The van der Waals surface area contributed by atoms with Gasteiger partial charge in [-0.15, -0.1) is 0 Å². The highest BCUT2D eigenvalue weighted by Crippen LogP contribution is 2.08. The molecule has 0 saturated carbocycles. The van der Waals surface area contributed by atoms with E-state index in [4.69, 9.17) is 0 Å². The van der Waals surface area contributed by atoms with Crippen LogP contribution in [0.4, 0.5) is 0 Å². The van der Waals surface area contributed by atoms with Gasteiger partial charge >= 0.3 is 0 Å². The molecule has 0 aromatic heterocycles. The van der Waals surface area contributed by atoms with Gasteiger partial charge in [0.05, 0.1) is 0 Å². The van der Waals surface area contributed by atoms with Gasteiger partial charge < -0.3 is 0 Å². The first-order valence-corrected chi connectivity index (χ1v) is 6.96. The monoisotopic (exact) mass is 260 g/mol. The Morgan fingerprint density at radius 2 is 1.40 bits per heavy atom. The van der Waals surface area contributed by atoms with E-state index >= 15 is 0 Å². The summed E-state index contributed by atoms with van der Waals surface area (Å²) < 4.78 is 0. The Balaban J connectivity index is 2.00. The molecule has 0 amide bonds. The molecule has 20 heavy (non-hydrogen) atoms. The molecular weight excluding hydrogens is 240 g/mol. The van der Waals surface area contributed by atoms with Gasteiger partial charge in [-0.05, 0) is 38.5 Å². The second-order valence-electron chi connectivity index (χ2n) is 5.19. The zero-order valence-corrected chi connectivity index (χ0v) is 12.4. The number of hydrogen-bond acceptors (Lipinski definition) is 0. The summed E-state index contributed by atoms with van der Waals surface area (Å²) >= 11 is 0. The van der Waals surface area contributed by atoms with Gasteiger partial charge in [-0.2, -0.15) is 0 Å². The number of allylic oxidation sites excluding steroid dienone is 1. The molecule has 0 spiro atoms. The Morgan fingerprint density at radius 1 is 0.850 bits per heavy atom. The average Bonchev–Trinajstić information content (AvgIpc) is 2.46. The molecule has 0 aliphatic heterocycles. The fraction of sp³-hybridized carbons (Fsp3) is 0.200. The van der Waals surface area contributed by atoms with Crippen LogP contribution in [0.3, 0.4) is 0 Å². The molecule has 0 fully saturated rings. The third-order valence-corrected chi connectivity index (χ3v) is 3.15. The molecule has 2 aromatic rings. The molecule has 0 heterocycles. The van der Waals surface area contributed by atoms with E-state index in [1.165, 1.54) is 16.7 Å². The molecule has 0 heteroatoms. The summed E-state index contributed by atoms with van der Waals surface area (Å²) in [4.78, 5) is 0. The highest BCUT2D eigenvalue weighted by molar-refractivity contribution is 5.50. The van der Waals surface area contributed by atoms with E-state index in [0.717, 1.165) is 5.56 Å². The highest BCUT2D eigenvalue weighted by Gasteiger charge is 1.92. The van der Waals surface area contributed by atoms with Gasteiger partial charge in [0.25, 0.3) is 0 Å². The molecule has 0 N–H and O–H groups in total. The predicted octanol–water partition coefficient (Wildman–Crippen LogP) is 5.00. The zero-order valence-electron chi connectivity index (χ0n) is 12.4. The summed E-state index contributed by atoms with van der Waals surface area (Å²) in [6, 6.07) is 16.8. The summed E-state index contributed by atoms with van der Waals surface area (Å²) in [5, 5.41) is 0. The van der Waals surface area contributed by atoms with Crippen molar-refractivity contribution in [1.29, 1.82) is 0 Å². The van der Waals surface area contributed by atoms with Crippen molar-refractivity contribution in [2.24, 2.45) is 5.92 Å². The number of rotatable bonds is 2. The van der Waals surface area contributed by atoms with E-state index in [2.05, 4.69) is 93.3 Å². The summed E-state index contributed by atoms with van der Waals surface area (Å²) in [5.74, 6) is 6.73. The second-order valence-corrected chi connectivity index (χ2v) is 5.19. The van der Waals surface area contributed by atoms with Crippen molar-refractivity contribution in [2.75, 3.05) is 0 Å². The standard InChI is InChI=1S/C20H20/c1-16-4-10-19(11-5-16)14-8-18(3)9-15-20-12-6-17(2)7-13-20/h4-8,10-14,18H,1-3H3/b14-8+. The Morgan fingerprint density at radius 3 is 2.00 bits per heavy atom. The van der Waals surface area contributed by atoms with E-state index in [-0.39, 0.29) is 5.92 Å². The molecule has 2 aromatic carbocycles. The molecule has 0 nitrogen and oxygen atoms in total. The Labute approximate surface area is 122 Å². The minimum atomic E-state index is 0.248. The van der Waals surface area contributed by atoms with E-state index in [1.807, 2.05) is 0 Å². The van der Waals surface area contributed by atoms with Crippen LogP contribution in [0.1, 0.15) is 29.2 Å². The molecule has 0 saturated heterocycles. The molecule has 2 rings (SSSR count). The lowest BCUT2D eigenvalue weighted by Gasteiger charge is -1.97. The topological polar surface area (TPSA) is 0 Å². The van der Waals surface area contributed by atoms with Crippen LogP contribution in [0.5, 0.6) is 0 Å². The van der Waals surface area contributed by atoms with Crippen molar-refractivity contribution < 1.29 is 0 Å². The molecule has 1 unspecified atom stereocenters. The number of aryl methyl sites for hydroxylation is 2. The largest absolute Gasteiger partial charge is 0.0906 e. The van der Waals surface area contributed by atoms with Crippen LogP contribution in [-0.2, 0) is 0 Å². The molecule has 0 radical (unpaired) electrons. The van der Waals surface area contributed by atoms with Crippen LogP contribution in [0.25, 0.3) is 6.08 Å². The quantitative estimate of drug-likeness (QED) is 0.666. The predicted molar refractivity (Wildman–Crippen MR) is 87.4 cm³/mol. The average molecular weight is 260 g/mol. The molecule has 0 bridgehead atoms. The van der Waals surface area contributed by atoms with Crippen LogP contribution >= 0.6 is 0 Å². The second kappa shape index (κ2) is 6.78. The molecule has 0 aliphatic rings. The van der Waals surface area contributed by atoms with Crippen molar-refractivity contribution in [3.05, 3.63) is 76.9 Å². The SMILES string of the molecule is Cc1ccc(C#CC(C)/C=C/c2ccc(C)cc2)cc1. The Kier molecular flexibility index (Phi) is 4.80. The fourth-order valence-electron chi connectivity index (χ4n) is 1.82. The first-order chi connectivity index (χ1) is 9.63.